The second-order valence-corrected chi connectivity index (χ2v) is 11.1. The summed E-state index contributed by atoms with van der Waals surface area (Å²) in [4.78, 5) is 50.9. The SMILES string of the molecule is CCC(C(=O)NC(CC(=O)OC(C)(C)C)C(=O)CF)c1ccnn(Cc2ccccc2C(C)(C)C)c1=O. The molecule has 0 radical (unpaired) electrons. The second kappa shape index (κ2) is 12.3. The van der Waals surface area contributed by atoms with Crippen LogP contribution in [0.1, 0.15) is 83.9 Å². The van der Waals surface area contributed by atoms with Gasteiger partial charge in [-0.3, -0.25) is 19.2 Å². The lowest BCUT2D eigenvalue weighted by molar-refractivity contribution is -0.156. The van der Waals surface area contributed by atoms with Gasteiger partial charge in [0.2, 0.25) is 5.91 Å². The van der Waals surface area contributed by atoms with Gasteiger partial charge < -0.3 is 10.1 Å². The van der Waals surface area contributed by atoms with Crippen molar-refractivity contribution in [1.82, 2.24) is 15.1 Å². The van der Waals surface area contributed by atoms with E-state index in [-0.39, 0.29) is 23.9 Å². The van der Waals surface area contributed by atoms with Gasteiger partial charge in [0, 0.05) is 11.8 Å². The van der Waals surface area contributed by atoms with E-state index in [9.17, 15) is 23.6 Å². The Balaban J connectivity index is 2.32. The van der Waals surface area contributed by atoms with E-state index in [4.69, 9.17) is 4.74 Å². The summed E-state index contributed by atoms with van der Waals surface area (Å²) in [6, 6.07) is 7.87. The van der Waals surface area contributed by atoms with Crippen LogP contribution in [-0.4, -0.2) is 45.8 Å². The van der Waals surface area contributed by atoms with Crippen molar-refractivity contribution in [2.75, 3.05) is 6.67 Å². The van der Waals surface area contributed by atoms with Crippen LogP contribution in [0.4, 0.5) is 4.39 Å². The lowest BCUT2D eigenvalue weighted by Gasteiger charge is -2.24. The molecule has 0 bridgehead atoms. The minimum atomic E-state index is -1.40. The van der Waals surface area contributed by atoms with Gasteiger partial charge in [-0.2, -0.15) is 5.10 Å². The third-order valence-electron chi connectivity index (χ3n) is 5.81. The van der Waals surface area contributed by atoms with Gasteiger partial charge in [0.25, 0.3) is 5.56 Å². The van der Waals surface area contributed by atoms with Crippen molar-refractivity contribution in [2.24, 2.45) is 0 Å². The maximum absolute atomic E-state index is 13.4. The molecule has 0 aliphatic carbocycles. The number of nitrogens with one attached hydrogen (secondary N) is 1. The highest BCUT2D eigenvalue weighted by Gasteiger charge is 2.30. The number of nitrogens with zero attached hydrogens (tertiary/aromatic N) is 2. The Morgan fingerprint density at radius 2 is 1.73 bits per heavy atom. The van der Waals surface area contributed by atoms with Gasteiger partial charge in [0.1, 0.15) is 18.3 Å². The molecule has 1 aromatic heterocycles. The number of Topliss-reactive ketones (excluding diaryl/α,β-unsaturated/α-hetero) is 1. The van der Waals surface area contributed by atoms with Crippen molar-refractivity contribution in [3.63, 3.8) is 0 Å². The van der Waals surface area contributed by atoms with E-state index in [1.54, 1.807) is 27.7 Å². The van der Waals surface area contributed by atoms with E-state index in [2.05, 4.69) is 31.2 Å². The summed E-state index contributed by atoms with van der Waals surface area (Å²) in [5.41, 5.74) is 0.833. The Hall–Kier alpha value is -3.36. The van der Waals surface area contributed by atoms with Crippen molar-refractivity contribution in [3.8, 4) is 0 Å². The maximum atomic E-state index is 13.4. The minimum Gasteiger partial charge on any atom is -0.460 e. The molecule has 0 saturated heterocycles. The molecule has 8 nitrogen and oxygen atoms in total. The van der Waals surface area contributed by atoms with Crippen LogP contribution < -0.4 is 10.9 Å². The van der Waals surface area contributed by atoms with Crippen LogP contribution in [0.2, 0.25) is 0 Å². The summed E-state index contributed by atoms with van der Waals surface area (Å²) in [5.74, 6) is -3.26. The van der Waals surface area contributed by atoms with E-state index in [1.807, 2.05) is 24.3 Å². The fourth-order valence-corrected chi connectivity index (χ4v) is 4.10. The van der Waals surface area contributed by atoms with Crippen molar-refractivity contribution in [1.29, 1.82) is 0 Å². The fraction of sp³-hybridized carbons (Fsp3) is 0.536. The van der Waals surface area contributed by atoms with Crippen LogP contribution in [0.15, 0.2) is 41.3 Å². The fourth-order valence-electron chi connectivity index (χ4n) is 4.10. The van der Waals surface area contributed by atoms with Gasteiger partial charge in [-0.05, 0) is 49.8 Å². The molecule has 1 amide bonds. The third-order valence-corrected chi connectivity index (χ3v) is 5.81. The van der Waals surface area contributed by atoms with Crippen LogP contribution in [0.25, 0.3) is 0 Å². The first-order valence-electron chi connectivity index (χ1n) is 12.4. The molecular formula is C28H38FN3O5. The monoisotopic (exact) mass is 515 g/mol. The smallest absolute Gasteiger partial charge is 0.308 e. The minimum absolute atomic E-state index is 0.143. The lowest BCUT2D eigenvalue weighted by Crippen LogP contribution is -2.46. The molecule has 1 aromatic carbocycles. The number of rotatable bonds is 10. The first-order chi connectivity index (χ1) is 17.2. The summed E-state index contributed by atoms with van der Waals surface area (Å²) in [6.45, 7) is 11.8. The molecule has 0 fully saturated rings. The molecule has 0 aliphatic rings. The highest BCUT2D eigenvalue weighted by molar-refractivity contribution is 5.94. The molecule has 37 heavy (non-hydrogen) atoms. The number of carbonyl (C=O) groups is 3. The Kier molecular flexibility index (Phi) is 9.89. The number of halogens is 1. The van der Waals surface area contributed by atoms with E-state index < -0.39 is 53.9 Å². The number of ketones is 1. The van der Waals surface area contributed by atoms with Crippen molar-refractivity contribution in [3.05, 3.63) is 63.6 Å². The van der Waals surface area contributed by atoms with Crippen LogP contribution in [-0.2, 0) is 31.1 Å². The molecule has 0 saturated carbocycles. The topological polar surface area (TPSA) is 107 Å². The van der Waals surface area contributed by atoms with Crippen LogP contribution in [0.5, 0.6) is 0 Å². The van der Waals surface area contributed by atoms with Crippen molar-refractivity contribution in [2.45, 2.75) is 90.8 Å². The van der Waals surface area contributed by atoms with Gasteiger partial charge in [0.05, 0.1) is 18.9 Å². The van der Waals surface area contributed by atoms with Gasteiger partial charge in [-0.15, -0.1) is 0 Å². The van der Waals surface area contributed by atoms with Crippen LogP contribution in [0, 0.1) is 0 Å². The number of amides is 1. The number of carbonyl (C=O) groups excluding carboxylic acids is 3. The van der Waals surface area contributed by atoms with Crippen LogP contribution in [0.3, 0.4) is 0 Å². The zero-order valence-electron chi connectivity index (χ0n) is 22.8. The quantitative estimate of drug-likeness (QED) is 0.482. The molecular weight excluding hydrogens is 477 g/mol. The van der Waals surface area contributed by atoms with Gasteiger partial charge in [-0.1, -0.05) is 52.0 Å². The average molecular weight is 516 g/mol. The Labute approximate surface area is 217 Å². The van der Waals surface area contributed by atoms with E-state index in [0.29, 0.717) is 0 Å². The van der Waals surface area contributed by atoms with Crippen molar-refractivity contribution >= 4 is 17.7 Å². The predicted molar refractivity (Wildman–Crippen MR) is 139 cm³/mol. The number of alkyl halides is 1. The second-order valence-electron chi connectivity index (χ2n) is 11.1. The van der Waals surface area contributed by atoms with Gasteiger partial charge in [0.15, 0.2) is 5.78 Å². The lowest BCUT2D eigenvalue weighted by atomic mass is 9.84. The zero-order valence-corrected chi connectivity index (χ0v) is 22.8. The molecule has 2 unspecified atom stereocenters. The highest BCUT2D eigenvalue weighted by atomic mass is 19.1. The third kappa shape index (κ3) is 8.33. The van der Waals surface area contributed by atoms with Gasteiger partial charge >= 0.3 is 5.97 Å². The maximum Gasteiger partial charge on any atom is 0.308 e. The number of hydrogen-bond donors (Lipinski definition) is 1. The molecule has 1 heterocycles. The summed E-state index contributed by atoms with van der Waals surface area (Å²) in [5, 5.41) is 6.68. The van der Waals surface area contributed by atoms with Crippen molar-refractivity contribution < 1.29 is 23.5 Å². The normalized spacial score (nSPS) is 13.5. The molecule has 202 valence electrons. The first kappa shape index (κ1) is 29.9. The zero-order chi connectivity index (χ0) is 28.0. The Morgan fingerprint density at radius 1 is 1.08 bits per heavy atom. The first-order valence-corrected chi connectivity index (χ1v) is 12.4. The summed E-state index contributed by atoms with van der Waals surface area (Å²) >= 11 is 0. The molecule has 0 aliphatic heterocycles. The summed E-state index contributed by atoms with van der Waals surface area (Å²) in [7, 11) is 0. The molecule has 9 heteroatoms. The average Bonchev–Trinajstić information content (AvgIpc) is 2.79. The molecule has 2 aromatic rings. The number of ether oxygens (including phenoxy) is 1. The molecule has 1 N–H and O–H groups in total. The number of aromatic nitrogens is 2. The predicted octanol–water partition coefficient (Wildman–Crippen LogP) is 3.84. The number of benzene rings is 1. The Bertz CT molecular complexity index is 1180. The molecule has 2 atom stereocenters. The van der Waals surface area contributed by atoms with E-state index in [1.165, 1.54) is 16.9 Å². The van der Waals surface area contributed by atoms with Gasteiger partial charge in [-0.25, -0.2) is 9.07 Å². The summed E-state index contributed by atoms with van der Waals surface area (Å²) in [6.07, 6.45) is 1.19. The van der Waals surface area contributed by atoms with E-state index in [0.717, 1.165) is 11.1 Å². The highest BCUT2D eigenvalue weighted by Crippen LogP contribution is 2.26. The molecule has 0 spiro atoms. The molecule has 2 rings (SSSR count). The van der Waals surface area contributed by atoms with Crippen LogP contribution >= 0.6 is 0 Å². The largest absolute Gasteiger partial charge is 0.460 e. The number of esters is 1. The standard InChI is InChI=1S/C28H38FN3O5/c1-8-19(25(35)31-22(23(33)16-29)15-24(34)37-28(5,6)7)20-13-14-30-32(26(20)36)17-18-11-9-10-12-21(18)27(2,3)4/h9-14,19,22H,8,15-17H2,1-7H3,(H,31,35). The van der Waals surface area contributed by atoms with E-state index >= 15 is 0 Å². The Morgan fingerprint density at radius 3 is 2.30 bits per heavy atom. The number of hydrogen-bond acceptors (Lipinski definition) is 6. The summed E-state index contributed by atoms with van der Waals surface area (Å²) < 4.78 is 19.7.